The molecule has 20 heavy (non-hydrogen) atoms. The highest BCUT2D eigenvalue weighted by molar-refractivity contribution is 5.42. The average molecular weight is 267 g/mol. The number of benzene rings is 1. The molecule has 0 unspecified atom stereocenters. The lowest BCUT2D eigenvalue weighted by atomic mass is 10.1. The van der Waals surface area contributed by atoms with Gasteiger partial charge >= 0.3 is 0 Å². The lowest BCUT2D eigenvalue weighted by Crippen LogP contribution is -2.18. The molecule has 1 N–H and O–H groups in total. The van der Waals surface area contributed by atoms with E-state index in [1.54, 1.807) is 0 Å². The van der Waals surface area contributed by atoms with Gasteiger partial charge < -0.3 is 10.2 Å². The summed E-state index contributed by atoms with van der Waals surface area (Å²) in [6.45, 7) is 2.99. The SMILES string of the molecule is CN(Cc1ccccc1)c1ccc2c(n1)CCNCC2. The number of anilines is 1. The van der Waals surface area contributed by atoms with Crippen LogP contribution in [-0.4, -0.2) is 25.1 Å². The standard InChI is InChI=1S/C17H21N3/c1-20(13-14-5-3-2-4-6-14)17-8-7-15-9-11-18-12-10-16(15)19-17/h2-8,18H,9-13H2,1H3. The number of fused-ring (bicyclic) bond motifs is 1. The third kappa shape index (κ3) is 2.99. The minimum absolute atomic E-state index is 0.894. The number of aromatic nitrogens is 1. The van der Waals surface area contributed by atoms with Crippen molar-refractivity contribution < 1.29 is 0 Å². The lowest BCUT2D eigenvalue weighted by Gasteiger charge is -2.19. The second-order valence-electron chi connectivity index (χ2n) is 5.37. The third-order valence-electron chi connectivity index (χ3n) is 3.82. The summed E-state index contributed by atoms with van der Waals surface area (Å²) < 4.78 is 0. The van der Waals surface area contributed by atoms with E-state index in [4.69, 9.17) is 4.98 Å². The number of nitrogens with zero attached hydrogens (tertiary/aromatic N) is 2. The molecule has 0 aliphatic carbocycles. The molecule has 2 aromatic rings. The molecule has 0 amide bonds. The first-order valence-electron chi connectivity index (χ1n) is 7.27. The van der Waals surface area contributed by atoms with Crippen LogP contribution in [0.4, 0.5) is 5.82 Å². The van der Waals surface area contributed by atoms with Gasteiger partial charge in [0.05, 0.1) is 0 Å². The first-order valence-corrected chi connectivity index (χ1v) is 7.27. The van der Waals surface area contributed by atoms with Crippen LogP contribution < -0.4 is 10.2 Å². The van der Waals surface area contributed by atoms with Crippen molar-refractivity contribution in [3.63, 3.8) is 0 Å². The van der Waals surface area contributed by atoms with Crippen molar-refractivity contribution in [2.45, 2.75) is 19.4 Å². The zero-order valence-electron chi connectivity index (χ0n) is 12.0. The van der Waals surface area contributed by atoms with Crippen LogP contribution in [0.3, 0.4) is 0 Å². The van der Waals surface area contributed by atoms with Crippen LogP contribution in [0.2, 0.25) is 0 Å². The minimum atomic E-state index is 0.894. The lowest BCUT2D eigenvalue weighted by molar-refractivity contribution is 0.708. The van der Waals surface area contributed by atoms with Gasteiger partial charge in [-0.25, -0.2) is 4.98 Å². The van der Waals surface area contributed by atoms with Gasteiger partial charge in [0.2, 0.25) is 0 Å². The molecule has 0 saturated carbocycles. The molecule has 0 radical (unpaired) electrons. The van der Waals surface area contributed by atoms with Crippen LogP contribution >= 0.6 is 0 Å². The Labute approximate surface area is 120 Å². The van der Waals surface area contributed by atoms with Crippen molar-refractivity contribution in [2.24, 2.45) is 0 Å². The van der Waals surface area contributed by atoms with Crippen molar-refractivity contribution >= 4 is 5.82 Å². The van der Waals surface area contributed by atoms with Crippen molar-refractivity contribution in [3.8, 4) is 0 Å². The van der Waals surface area contributed by atoms with Crippen molar-refractivity contribution in [3.05, 3.63) is 59.3 Å². The van der Waals surface area contributed by atoms with E-state index in [1.807, 2.05) is 0 Å². The van der Waals surface area contributed by atoms with E-state index < -0.39 is 0 Å². The van der Waals surface area contributed by atoms with E-state index in [2.05, 4.69) is 59.7 Å². The van der Waals surface area contributed by atoms with Crippen LogP contribution in [0.5, 0.6) is 0 Å². The van der Waals surface area contributed by atoms with Gasteiger partial charge in [0, 0.05) is 32.3 Å². The Balaban J connectivity index is 1.78. The number of pyridine rings is 1. The van der Waals surface area contributed by atoms with Crippen LogP contribution in [0.15, 0.2) is 42.5 Å². The van der Waals surface area contributed by atoms with E-state index in [0.717, 1.165) is 38.3 Å². The topological polar surface area (TPSA) is 28.2 Å². The third-order valence-corrected chi connectivity index (χ3v) is 3.82. The smallest absolute Gasteiger partial charge is 0.128 e. The summed E-state index contributed by atoms with van der Waals surface area (Å²) in [5.41, 5.74) is 3.97. The quantitative estimate of drug-likeness (QED) is 0.925. The Morgan fingerprint density at radius 1 is 1.05 bits per heavy atom. The molecule has 3 heteroatoms. The predicted molar refractivity (Wildman–Crippen MR) is 83.1 cm³/mol. The summed E-state index contributed by atoms with van der Waals surface area (Å²) in [6.07, 6.45) is 2.12. The molecule has 1 aliphatic heterocycles. The van der Waals surface area contributed by atoms with Gasteiger partial charge in [0.25, 0.3) is 0 Å². The minimum Gasteiger partial charge on any atom is -0.355 e. The highest BCUT2D eigenvalue weighted by atomic mass is 15.2. The number of rotatable bonds is 3. The molecule has 0 saturated heterocycles. The van der Waals surface area contributed by atoms with Crippen molar-refractivity contribution in [2.75, 3.05) is 25.0 Å². The van der Waals surface area contributed by atoms with Gasteiger partial charge in [-0.3, -0.25) is 0 Å². The summed E-state index contributed by atoms with van der Waals surface area (Å²) in [5.74, 6) is 1.06. The predicted octanol–water partition coefficient (Wildman–Crippen LogP) is 2.41. The van der Waals surface area contributed by atoms with Gasteiger partial charge in [0.1, 0.15) is 5.82 Å². The highest BCUT2D eigenvalue weighted by Crippen LogP contribution is 2.18. The molecule has 3 nitrogen and oxygen atoms in total. The monoisotopic (exact) mass is 267 g/mol. The van der Waals surface area contributed by atoms with Gasteiger partial charge in [-0.05, 0) is 30.2 Å². The Morgan fingerprint density at radius 2 is 1.85 bits per heavy atom. The maximum absolute atomic E-state index is 4.86. The average Bonchev–Trinajstić information content (AvgIpc) is 2.72. The maximum Gasteiger partial charge on any atom is 0.128 e. The fraction of sp³-hybridized carbons (Fsp3) is 0.353. The summed E-state index contributed by atoms with van der Waals surface area (Å²) in [5, 5.41) is 3.43. The van der Waals surface area contributed by atoms with E-state index in [9.17, 15) is 0 Å². The Kier molecular flexibility index (Phi) is 3.97. The Morgan fingerprint density at radius 3 is 2.70 bits per heavy atom. The summed E-state index contributed by atoms with van der Waals surface area (Å²) in [7, 11) is 2.11. The van der Waals surface area contributed by atoms with Crippen molar-refractivity contribution in [1.29, 1.82) is 0 Å². The second-order valence-corrected chi connectivity index (χ2v) is 5.37. The van der Waals surface area contributed by atoms with E-state index in [-0.39, 0.29) is 0 Å². The van der Waals surface area contributed by atoms with Gasteiger partial charge in [-0.2, -0.15) is 0 Å². The molecule has 1 aromatic carbocycles. The first kappa shape index (κ1) is 13.1. The van der Waals surface area contributed by atoms with Gasteiger partial charge in [-0.15, -0.1) is 0 Å². The number of hydrogen-bond donors (Lipinski definition) is 1. The molecule has 0 spiro atoms. The normalized spacial score (nSPS) is 14.4. The number of hydrogen-bond acceptors (Lipinski definition) is 3. The van der Waals surface area contributed by atoms with E-state index in [0.29, 0.717) is 0 Å². The molecule has 104 valence electrons. The molecular formula is C17H21N3. The Bertz CT molecular complexity index is 566. The second kappa shape index (κ2) is 6.06. The van der Waals surface area contributed by atoms with Crippen molar-refractivity contribution in [1.82, 2.24) is 10.3 Å². The largest absolute Gasteiger partial charge is 0.355 e. The van der Waals surface area contributed by atoms with Gasteiger partial charge in [-0.1, -0.05) is 36.4 Å². The molecule has 3 rings (SSSR count). The van der Waals surface area contributed by atoms with Gasteiger partial charge in [0.15, 0.2) is 0 Å². The van der Waals surface area contributed by atoms with E-state index in [1.165, 1.54) is 16.8 Å². The summed E-state index contributed by atoms with van der Waals surface area (Å²) >= 11 is 0. The maximum atomic E-state index is 4.86. The molecule has 1 aromatic heterocycles. The van der Waals surface area contributed by atoms with Crippen LogP contribution in [0.1, 0.15) is 16.8 Å². The van der Waals surface area contributed by atoms with Crippen LogP contribution in [0, 0.1) is 0 Å². The fourth-order valence-electron chi connectivity index (χ4n) is 2.67. The fourth-order valence-corrected chi connectivity index (χ4v) is 2.67. The summed E-state index contributed by atoms with van der Waals surface area (Å²) in [6, 6.07) is 14.9. The summed E-state index contributed by atoms with van der Waals surface area (Å²) in [4.78, 5) is 7.07. The molecule has 1 aliphatic rings. The molecular weight excluding hydrogens is 246 g/mol. The zero-order valence-corrected chi connectivity index (χ0v) is 12.0. The molecule has 0 atom stereocenters. The van der Waals surface area contributed by atoms with Crippen LogP contribution in [0.25, 0.3) is 0 Å². The molecule has 2 heterocycles. The number of nitrogens with one attached hydrogen (secondary N) is 1. The Hall–Kier alpha value is -1.87. The molecule has 0 bridgehead atoms. The highest BCUT2D eigenvalue weighted by Gasteiger charge is 2.11. The van der Waals surface area contributed by atoms with Crippen LogP contribution in [-0.2, 0) is 19.4 Å². The first-order chi connectivity index (χ1) is 9.83. The zero-order chi connectivity index (χ0) is 13.8. The molecule has 0 fully saturated rings. The van der Waals surface area contributed by atoms with E-state index >= 15 is 0 Å².